The number of amides is 3. The normalized spacial score (nSPS) is 20.8. The molecule has 0 saturated carbocycles. The van der Waals surface area contributed by atoms with Crippen LogP contribution < -0.4 is 10.1 Å². The second-order valence-corrected chi connectivity index (χ2v) is 7.63. The quantitative estimate of drug-likeness (QED) is 0.608. The average Bonchev–Trinajstić information content (AvgIpc) is 2.74. The van der Waals surface area contributed by atoms with Crippen molar-refractivity contribution < 1.29 is 19.1 Å². The number of imide groups is 1. The van der Waals surface area contributed by atoms with Gasteiger partial charge >= 0.3 is 6.03 Å². The number of ether oxygens (including phenoxy) is 2. The van der Waals surface area contributed by atoms with E-state index < -0.39 is 5.54 Å². The molecule has 1 atom stereocenters. The molecule has 0 radical (unpaired) electrons. The molecule has 1 heterocycles. The molecule has 0 aliphatic carbocycles. The lowest BCUT2D eigenvalue weighted by atomic mass is 9.87. The topological polar surface area (TPSA) is 67.9 Å². The maximum atomic E-state index is 12.3. The molecule has 1 aromatic carbocycles. The molecule has 6 heteroatoms. The second-order valence-electron chi connectivity index (χ2n) is 7.63. The second kappa shape index (κ2) is 7.44. The number of hydrogen-bond acceptors (Lipinski definition) is 4. The summed E-state index contributed by atoms with van der Waals surface area (Å²) in [6.07, 6.45) is 0.573. The third-order valence-electron chi connectivity index (χ3n) is 4.29. The number of hydrogen-bond donors (Lipinski definition) is 1. The van der Waals surface area contributed by atoms with E-state index in [1.54, 1.807) is 6.92 Å². The van der Waals surface area contributed by atoms with Gasteiger partial charge in [-0.2, -0.15) is 0 Å². The summed E-state index contributed by atoms with van der Waals surface area (Å²) in [4.78, 5) is 25.5. The summed E-state index contributed by atoms with van der Waals surface area (Å²) < 4.78 is 10.7. The Morgan fingerprint density at radius 3 is 2.36 bits per heavy atom. The van der Waals surface area contributed by atoms with Gasteiger partial charge in [0.1, 0.15) is 11.3 Å². The molecule has 0 aromatic heterocycles. The lowest BCUT2D eigenvalue weighted by molar-refractivity contribution is -0.132. The molecule has 3 amide bonds. The van der Waals surface area contributed by atoms with Gasteiger partial charge in [-0.25, -0.2) is 4.79 Å². The fourth-order valence-electron chi connectivity index (χ4n) is 2.80. The Balaban J connectivity index is 1.81. The zero-order chi connectivity index (χ0) is 18.7. The van der Waals surface area contributed by atoms with Crippen LogP contribution in [0.1, 0.15) is 39.7 Å². The van der Waals surface area contributed by atoms with Gasteiger partial charge in [0.15, 0.2) is 0 Å². The van der Waals surface area contributed by atoms with E-state index in [9.17, 15) is 9.59 Å². The lowest BCUT2D eigenvalue weighted by Crippen LogP contribution is -2.48. The molecule has 1 unspecified atom stereocenters. The van der Waals surface area contributed by atoms with Crippen LogP contribution in [0.3, 0.4) is 0 Å². The van der Waals surface area contributed by atoms with Gasteiger partial charge in [0.05, 0.1) is 13.2 Å². The molecule has 2 rings (SSSR count). The van der Waals surface area contributed by atoms with Crippen molar-refractivity contribution in [3.8, 4) is 5.75 Å². The van der Waals surface area contributed by atoms with Gasteiger partial charge in [-0.1, -0.05) is 32.9 Å². The highest BCUT2D eigenvalue weighted by Gasteiger charge is 2.47. The van der Waals surface area contributed by atoms with Gasteiger partial charge < -0.3 is 14.8 Å². The highest BCUT2D eigenvalue weighted by molar-refractivity contribution is 6.06. The Hall–Kier alpha value is -2.08. The molecule has 0 bridgehead atoms. The molecule has 1 aliphatic rings. The van der Waals surface area contributed by atoms with Crippen LogP contribution in [-0.2, 0) is 14.9 Å². The van der Waals surface area contributed by atoms with Crippen molar-refractivity contribution in [3.05, 3.63) is 29.8 Å². The molecule has 1 N–H and O–H groups in total. The first-order valence-electron chi connectivity index (χ1n) is 8.54. The molecule has 25 heavy (non-hydrogen) atoms. The first-order valence-corrected chi connectivity index (χ1v) is 8.54. The number of benzene rings is 1. The minimum Gasteiger partial charge on any atom is -0.494 e. The van der Waals surface area contributed by atoms with Crippen molar-refractivity contribution >= 4 is 11.9 Å². The van der Waals surface area contributed by atoms with E-state index in [1.807, 2.05) is 12.1 Å². The first-order chi connectivity index (χ1) is 11.7. The van der Waals surface area contributed by atoms with E-state index in [4.69, 9.17) is 9.47 Å². The van der Waals surface area contributed by atoms with Crippen LogP contribution in [-0.4, -0.2) is 49.2 Å². The SMILES string of the molecule is COCC1(C)NC(=O)N(CCCOc2ccc(C(C)(C)C)cc2)C1=O. The third kappa shape index (κ3) is 4.51. The summed E-state index contributed by atoms with van der Waals surface area (Å²) in [5.41, 5.74) is 0.378. The van der Waals surface area contributed by atoms with Gasteiger partial charge in [0.2, 0.25) is 0 Å². The molecule has 138 valence electrons. The predicted molar refractivity (Wildman–Crippen MR) is 95.8 cm³/mol. The van der Waals surface area contributed by atoms with Gasteiger partial charge in [0, 0.05) is 13.7 Å². The van der Waals surface area contributed by atoms with E-state index in [1.165, 1.54) is 17.6 Å². The van der Waals surface area contributed by atoms with Crippen LogP contribution in [0.15, 0.2) is 24.3 Å². The van der Waals surface area contributed by atoms with Crippen molar-refractivity contribution in [1.82, 2.24) is 10.2 Å². The maximum Gasteiger partial charge on any atom is 0.325 e. The van der Waals surface area contributed by atoms with Gasteiger partial charge in [-0.15, -0.1) is 0 Å². The zero-order valence-electron chi connectivity index (χ0n) is 15.7. The minimum atomic E-state index is -0.977. The molecular weight excluding hydrogens is 320 g/mol. The number of rotatable bonds is 7. The Morgan fingerprint density at radius 2 is 1.80 bits per heavy atom. The monoisotopic (exact) mass is 348 g/mol. The smallest absolute Gasteiger partial charge is 0.325 e. The number of carbonyl (C=O) groups is 2. The summed E-state index contributed by atoms with van der Waals surface area (Å²) >= 11 is 0. The Kier molecular flexibility index (Phi) is 5.72. The lowest BCUT2D eigenvalue weighted by Gasteiger charge is -2.20. The number of methoxy groups -OCH3 is 1. The predicted octanol–water partition coefficient (Wildman–Crippen LogP) is 2.71. The zero-order valence-corrected chi connectivity index (χ0v) is 15.7. The molecule has 1 aliphatic heterocycles. The van der Waals surface area contributed by atoms with Crippen LogP contribution >= 0.6 is 0 Å². The molecule has 6 nitrogen and oxygen atoms in total. The van der Waals surface area contributed by atoms with E-state index in [2.05, 4.69) is 38.2 Å². The summed E-state index contributed by atoms with van der Waals surface area (Å²) in [6, 6.07) is 7.64. The van der Waals surface area contributed by atoms with Crippen LogP contribution in [0, 0.1) is 0 Å². The summed E-state index contributed by atoms with van der Waals surface area (Å²) in [6.45, 7) is 9.08. The summed E-state index contributed by atoms with van der Waals surface area (Å²) in [5, 5.41) is 2.68. The van der Waals surface area contributed by atoms with Crippen molar-refractivity contribution in [2.45, 2.75) is 45.1 Å². The van der Waals surface area contributed by atoms with Gasteiger partial charge in [-0.3, -0.25) is 9.69 Å². The van der Waals surface area contributed by atoms with Crippen LogP contribution in [0.2, 0.25) is 0 Å². The van der Waals surface area contributed by atoms with Crippen molar-refractivity contribution in [2.75, 3.05) is 26.9 Å². The van der Waals surface area contributed by atoms with Crippen molar-refractivity contribution in [1.29, 1.82) is 0 Å². The van der Waals surface area contributed by atoms with Gasteiger partial charge in [0.25, 0.3) is 5.91 Å². The standard InChI is InChI=1S/C19H28N2O4/c1-18(2,3)14-7-9-15(10-8-14)25-12-6-11-21-16(22)19(4,13-24-5)20-17(21)23/h7-10H,6,11-13H2,1-5H3,(H,20,23). The largest absolute Gasteiger partial charge is 0.494 e. The number of carbonyl (C=O) groups excluding carboxylic acids is 2. The van der Waals surface area contributed by atoms with Crippen LogP contribution in [0.4, 0.5) is 4.79 Å². The van der Waals surface area contributed by atoms with Crippen molar-refractivity contribution in [3.63, 3.8) is 0 Å². The molecule has 1 aromatic rings. The molecule has 1 fully saturated rings. The maximum absolute atomic E-state index is 12.3. The fraction of sp³-hybridized carbons (Fsp3) is 0.579. The Labute approximate surface area is 149 Å². The van der Waals surface area contributed by atoms with E-state index in [0.29, 0.717) is 19.6 Å². The average molecular weight is 348 g/mol. The highest BCUT2D eigenvalue weighted by atomic mass is 16.5. The van der Waals surface area contributed by atoms with Gasteiger partial charge in [-0.05, 0) is 36.5 Å². The van der Waals surface area contributed by atoms with E-state index in [-0.39, 0.29) is 24.0 Å². The summed E-state index contributed by atoms with van der Waals surface area (Å²) in [7, 11) is 1.51. The number of urea groups is 1. The van der Waals surface area contributed by atoms with Crippen LogP contribution in [0.5, 0.6) is 5.75 Å². The Morgan fingerprint density at radius 1 is 1.16 bits per heavy atom. The van der Waals surface area contributed by atoms with Crippen LogP contribution in [0.25, 0.3) is 0 Å². The molecular formula is C19H28N2O4. The van der Waals surface area contributed by atoms with E-state index >= 15 is 0 Å². The third-order valence-corrected chi connectivity index (χ3v) is 4.29. The minimum absolute atomic E-state index is 0.108. The first kappa shape index (κ1) is 19.2. The van der Waals surface area contributed by atoms with Crippen molar-refractivity contribution in [2.24, 2.45) is 0 Å². The molecule has 0 spiro atoms. The number of nitrogens with zero attached hydrogens (tertiary/aromatic N) is 1. The van der Waals surface area contributed by atoms with E-state index in [0.717, 1.165) is 5.75 Å². The summed E-state index contributed by atoms with van der Waals surface area (Å²) in [5.74, 6) is 0.531. The fourth-order valence-corrected chi connectivity index (χ4v) is 2.80. The Bertz CT molecular complexity index is 621. The highest BCUT2D eigenvalue weighted by Crippen LogP contribution is 2.24. The number of nitrogens with one attached hydrogen (secondary N) is 1. The molecule has 1 saturated heterocycles.